The van der Waals surface area contributed by atoms with Crippen LogP contribution in [0.15, 0.2) is 42.6 Å². The highest BCUT2D eigenvalue weighted by Gasteiger charge is 2.59. The normalized spacial score (nSPS) is 27.5. The summed E-state index contributed by atoms with van der Waals surface area (Å²) in [7, 11) is 1.32. The molecule has 0 saturated carbocycles. The van der Waals surface area contributed by atoms with Gasteiger partial charge in [-0.3, -0.25) is 14.5 Å². The predicted molar refractivity (Wildman–Crippen MR) is 93.6 cm³/mol. The molecule has 1 aliphatic rings. The summed E-state index contributed by atoms with van der Waals surface area (Å²) in [5.74, 6) is -0.464. The third kappa shape index (κ3) is 4.06. The van der Waals surface area contributed by atoms with Crippen molar-refractivity contribution in [3.63, 3.8) is 0 Å². The number of hydrogen-bond donors (Lipinski definition) is 4. The highest BCUT2D eigenvalue weighted by Crippen LogP contribution is 2.38. The second kappa shape index (κ2) is 8.87. The number of hydrogen-bond acceptors (Lipinski definition) is 7. The van der Waals surface area contributed by atoms with E-state index in [1.54, 1.807) is 30.3 Å². The van der Waals surface area contributed by atoms with Crippen LogP contribution in [-0.4, -0.2) is 76.0 Å². The zero-order valence-electron chi connectivity index (χ0n) is 14.7. The van der Waals surface area contributed by atoms with E-state index in [-0.39, 0.29) is 0 Å². The topological polar surface area (TPSA) is 136 Å². The van der Waals surface area contributed by atoms with Gasteiger partial charge in [-0.05, 0) is 6.08 Å². The molecular weight excluding hydrogens is 356 g/mol. The molecule has 0 radical (unpaired) electrons. The predicted octanol–water partition coefficient (Wildman–Crippen LogP) is -0.577. The molecule has 1 aromatic carbocycles. The van der Waals surface area contributed by atoms with E-state index >= 15 is 0 Å². The van der Waals surface area contributed by atoms with E-state index < -0.39 is 48.9 Å². The Balaban J connectivity index is 2.51. The molecule has 9 heteroatoms. The van der Waals surface area contributed by atoms with Crippen molar-refractivity contribution in [1.82, 2.24) is 10.2 Å². The van der Waals surface area contributed by atoms with E-state index in [2.05, 4.69) is 5.32 Å². The lowest BCUT2D eigenvalue weighted by Gasteiger charge is -2.40. The van der Waals surface area contributed by atoms with Crippen LogP contribution in [0.1, 0.15) is 16.8 Å². The number of ketones is 1. The van der Waals surface area contributed by atoms with E-state index in [0.29, 0.717) is 11.8 Å². The zero-order chi connectivity index (χ0) is 20.0. The number of nitrogens with one attached hydrogen (secondary N) is 1. The van der Waals surface area contributed by atoms with Gasteiger partial charge in [-0.25, -0.2) is 4.79 Å². The van der Waals surface area contributed by atoms with Gasteiger partial charge in [-0.2, -0.15) is 0 Å². The minimum absolute atomic E-state index is 0.311. The first kappa shape index (κ1) is 20.7. The molecule has 1 heterocycles. The van der Waals surface area contributed by atoms with Gasteiger partial charge in [-0.15, -0.1) is 0 Å². The lowest BCUT2D eigenvalue weighted by atomic mass is 9.93. The highest BCUT2D eigenvalue weighted by molar-refractivity contribution is 5.97. The van der Waals surface area contributed by atoms with Gasteiger partial charge in [0.1, 0.15) is 24.6 Å². The molecule has 0 spiro atoms. The Labute approximate surface area is 155 Å². The smallest absolute Gasteiger partial charge is 0.323 e. The maximum atomic E-state index is 12.8. The number of carbonyl (C=O) groups is 3. The van der Waals surface area contributed by atoms with Crippen LogP contribution in [0.2, 0.25) is 0 Å². The van der Waals surface area contributed by atoms with Crippen LogP contribution in [0.4, 0.5) is 4.79 Å². The Kier molecular flexibility index (Phi) is 6.81. The number of ether oxygens (including phenoxy) is 1. The number of aliphatic hydroxyl groups excluding tert-OH is 3. The number of rotatable bonds is 7. The lowest BCUT2D eigenvalue weighted by molar-refractivity contribution is -0.152. The SMILES string of the molecule is CNC(=O)N(/C=C\C=O)[C@]1(CC(=O)c2ccccc2)O[C@H](CO)[C@@H](O)[C@H]1O. The number of amides is 2. The molecule has 2 amide bonds. The fourth-order valence-electron chi connectivity index (χ4n) is 3.01. The number of allylic oxidation sites excluding steroid dienone is 1. The molecular formula is C18H22N2O7. The Morgan fingerprint density at radius 2 is 1.96 bits per heavy atom. The number of nitrogens with zero attached hydrogens (tertiary/aromatic N) is 1. The number of aldehydes is 1. The van der Waals surface area contributed by atoms with Crippen LogP contribution >= 0.6 is 0 Å². The summed E-state index contributed by atoms with van der Waals surface area (Å²) in [6.07, 6.45) is -2.56. The van der Waals surface area contributed by atoms with Crippen LogP contribution in [0.5, 0.6) is 0 Å². The molecule has 1 saturated heterocycles. The number of carbonyl (C=O) groups excluding carboxylic acids is 3. The Bertz CT molecular complexity index is 709. The molecule has 146 valence electrons. The van der Waals surface area contributed by atoms with Crippen LogP contribution in [-0.2, 0) is 9.53 Å². The van der Waals surface area contributed by atoms with Crippen LogP contribution in [0.25, 0.3) is 0 Å². The summed E-state index contributed by atoms with van der Waals surface area (Å²) < 4.78 is 5.62. The number of urea groups is 1. The second-order valence-electron chi connectivity index (χ2n) is 5.99. The third-order valence-electron chi connectivity index (χ3n) is 4.37. The third-order valence-corrected chi connectivity index (χ3v) is 4.37. The van der Waals surface area contributed by atoms with Crippen molar-refractivity contribution in [1.29, 1.82) is 0 Å². The highest BCUT2D eigenvalue weighted by atomic mass is 16.6. The maximum Gasteiger partial charge on any atom is 0.323 e. The van der Waals surface area contributed by atoms with Crippen LogP contribution in [0.3, 0.4) is 0 Å². The summed E-state index contributed by atoms with van der Waals surface area (Å²) in [6.45, 7) is -0.640. The number of Topliss-reactive ketones (excluding diaryl/α,β-unsaturated/α-hetero) is 1. The number of benzene rings is 1. The van der Waals surface area contributed by atoms with E-state index in [9.17, 15) is 29.7 Å². The van der Waals surface area contributed by atoms with Gasteiger partial charge in [0.15, 0.2) is 11.5 Å². The van der Waals surface area contributed by atoms with Gasteiger partial charge in [0, 0.05) is 18.8 Å². The van der Waals surface area contributed by atoms with Crippen molar-refractivity contribution in [3.8, 4) is 0 Å². The minimum Gasteiger partial charge on any atom is -0.394 e. The molecule has 0 aliphatic carbocycles. The first-order valence-electron chi connectivity index (χ1n) is 8.27. The lowest BCUT2D eigenvalue weighted by Crippen LogP contribution is -2.59. The van der Waals surface area contributed by atoms with Crippen molar-refractivity contribution in [2.24, 2.45) is 0 Å². The van der Waals surface area contributed by atoms with Gasteiger partial charge in [-0.1, -0.05) is 30.3 Å². The van der Waals surface area contributed by atoms with Crippen molar-refractivity contribution < 1.29 is 34.4 Å². The Morgan fingerprint density at radius 3 is 2.48 bits per heavy atom. The molecule has 1 aromatic rings. The average Bonchev–Trinajstić information content (AvgIpc) is 2.93. The van der Waals surface area contributed by atoms with E-state index in [1.807, 2.05) is 0 Å². The fourth-order valence-corrected chi connectivity index (χ4v) is 3.01. The van der Waals surface area contributed by atoms with Crippen molar-refractivity contribution in [2.75, 3.05) is 13.7 Å². The fraction of sp³-hybridized carbons (Fsp3) is 0.389. The van der Waals surface area contributed by atoms with Crippen molar-refractivity contribution in [2.45, 2.75) is 30.5 Å². The summed E-state index contributed by atoms with van der Waals surface area (Å²) in [4.78, 5) is 36.7. The summed E-state index contributed by atoms with van der Waals surface area (Å²) in [5, 5.41) is 32.6. The molecule has 27 heavy (non-hydrogen) atoms. The van der Waals surface area contributed by atoms with Gasteiger partial charge in [0.25, 0.3) is 0 Å². The molecule has 1 aliphatic heterocycles. The summed E-state index contributed by atoms with van der Waals surface area (Å²) >= 11 is 0. The minimum atomic E-state index is -2.01. The van der Waals surface area contributed by atoms with E-state index in [1.165, 1.54) is 7.05 Å². The number of aliphatic hydroxyl groups is 3. The second-order valence-corrected chi connectivity index (χ2v) is 5.99. The van der Waals surface area contributed by atoms with Gasteiger partial charge < -0.3 is 25.4 Å². The molecule has 4 N–H and O–H groups in total. The van der Waals surface area contributed by atoms with E-state index in [4.69, 9.17) is 4.74 Å². The maximum absolute atomic E-state index is 12.8. The zero-order valence-corrected chi connectivity index (χ0v) is 14.7. The molecule has 4 atom stereocenters. The van der Waals surface area contributed by atoms with Gasteiger partial charge >= 0.3 is 6.03 Å². The Hall–Kier alpha value is -2.59. The van der Waals surface area contributed by atoms with Gasteiger partial charge in [0.05, 0.1) is 13.0 Å². The summed E-state index contributed by atoms with van der Waals surface area (Å²) in [5.41, 5.74) is -1.70. The van der Waals surface area contributed by atoms with Crippen molar-refractivity contribution in [3.05, 3.63) is 48.2 Å². The average molecular weight is 378 g/mol. The van der Waals surface area contributed by atoms with Crippen LogP contribution in [0, 0.1) is 0 Å². The molecule has 1 fully saturated rings. The van der Waals surface area contributed by atoms with Crippen molar-refractivity contribution >= 4 is 18.1 Å². The first-order chi connectivity index (χ1) is 12.9. The van der Waals surface area contributed by atoms with Crippen LogP contribution < -0.4 is 5.32 Å². The first-order valence-corrected chi connectivity index (χ1v) is 8.27. The van der Waals surface area contributed by atoms with Gasteiger partial charge in [0.2, 0.25) is 0 Å². The molecule has 0 unspecified atom stereocenters. The largest absolute Gasteiger partial charge is 0.394 e. The monoisotopic (exact) mass is 378 g/mol. The molecule has 2 rings (SSSR count). The molecule has 9 nitrogen and oxygen atoms in total. The standard InChI is InChI=1S/C18H22N2O7/c1-19-17(26)20(8-5-9-21)18(16(25)15(24)14(11-22)27-18)10-13(23)12-6-3-2-4-7-12/h2-9,14-16,22,24-25H,10-11H2,1H3,(H,19,26)/b8-5-/t14-,15-,16-,18-/m1/s1. The quantitative estimate of drug-likeness (QED) is 0.283. The summed E-state index contributed by atoms with van der Waals surface area (Å²) in [6, 6.07) is 7.37. The molecule has 0 bridgehead atoms. The van der Waals surface area contributed by atoms with E-state index in [0.717, 1.165) is 17.2 Å². The Morgan fingerprint density at radius 1 is 1.30 bits per heavy atom. The molecule has 0 aromatic heterocycles.